The molecule has 0 spiro atoms. The Kier molecular flexibility index (Phi) is 5.65. The highest BCUT2D eigenvalue weighted by Gasteiger charge is 2.00. The lowest BCUT2D eigenvalue weighted by Gasteiger charge is -2.05. The lowest BCUT2D eigenvalue weighted by molar-refractivity contribution is 0.141. The molecule has 2 aromatic rings. The number of thiophene rings is 1. The zero-order valence-electron chi connectivity index (χ0n) is 10.7. The Morgan fingerprint density at radius 3 is 2.80 bits per heavy atom. The number of rotatable bonds is 5. The Bertz CT molecular complexity index is 581. The fourth-order valence-electron chi connectivity index (χ4n) is 1.51. The van der Waals surface area contributed by atoms with Crippen molar-refractivity contribution in [3.63, 3.8) is 0 Å². The molecule has 0 bridgehead atoms. The van der Waals surface area contributed by atoms with Crippen molar-refractivity contribution >= 4 is 35.1 Å². The van der Waals surface area contributed by atoms with Crippen LogP contribution in [-0.4, -0.2) is 12.6 Å². The first-order valence-corrected chi connectivity index (χ1v) is 7.35. The second-order valence-corrected chi connectivity index (χ2v) is 5.33. The molecule has 1 amide bonds. The molecule has 1 N–H and O–H groups in total. The molecular formula is C15H14ClNO2S. The Morgan fingerprint density at radius 1 is 1.30 bits per heavy atom. The fraction of sp³-hybridized carbons (Fsp3) is 0.133. The minimum absolute atomic E-state index is 0.271. The quantitative estimate of drug-likeness (QED) is 0.892. The van der Waals surface area contributed by atoms with Crippen molar-refractivity contribution in [3.8, 4) is 0 Å². The lowest BCUT2D eigenvalue weighted by atomic mass is 10.2. The van der Waals surface area contributed by atoms with Gasteiger partial charge in [0, 0.05) is 11.4 Å². The number of alkyl carbamates (subject to hydrolysis) is 1. The number of nitrogens with one attached hydrogen (secondary N) is 1. The van der Waals surface area contributed by atoms with Crippen LogP contribution in [-0.2, 0) is 11.3 Å². The van der Waals surface area contributed by atoms with Gasteiger partial charge >= 0.3 is 6.09 Å². The van der Waals surface area contributed by atoms with Crippen LogP contribution in [0.25, 0.3) is 6.08 Å². The minimum Gasteiger partial charge on any atom is -0.445 e. The van der Waals surface area contributed by atoms with Gasteiger partial charge in [-0.1, -0.05) is 48.0 Å². The van der Waals surface area contributed by atoms with Gasteiger partial charge in [0.2, 0.25) is 0 Å². The van der Waals surface area contributed by atoms with Crippen LogP contribution in [0.1, 0.15) is 10.4 Å². The molecule has 3 nitrogen and oxygen atoms in total. The van der Waals surface area contributed by atoms with Gasteiger partial charge in [0.25, 0.3) is 0 Å². The van der Waals surface area contributed by atoms with Crippen molar-refractivity contribution in [2.45, 2.75) is 6.61 Å². The van der Waals surface area contributed by atoms with Crippen LogP contribution >= 0.6 is 22.9 Å². The van der Waals surface area contributed by atoms with Crippen LogP contribution in [0, 0.1) is 0 Å². The fourth-order valence-corrected chi connectivity index (χ4v) is 2.55. The highest BCUT2D eigenvalue weighted by Crippen LogP contribution is 2.22. The van der Waals surface area contributed by atoms with Crippen molar-refractivity contribution in [1.29, 1.82) is 0 Å². The number of carbonyl (C=O) groups excluding carboxylic acids is 1. The monoisotopic (exact) mass is 307 g/mol. The highest BCUT2D eigenvalue weighted by atomic mass is 35.5. The summed E-state index contributed by atoms with van der Waals surface area (Å²) in [6.45, 7) is 0.676. The van der Waals surface area contributed by atoms with Gasteiger partial charge in [-0.3, -0.25) is 0 Å². The van der Waals surface area contributed by atoms with Gasteiger partial charge < -0.3 is 10.1 Å². The van der Waals surface area contributed by atoms with Gasteiger partial charge in [-0.25, -0.2) is 4.79 Å². The second-order valence-electron chi connectivity index (χ2n) is 3.98. The average molecular weight is 308 g/mol. The third-order valence-corrected chi connectivity index (χ3v) is 3.81. The molecule has 5 heteroatoms. The average Bonchev–Trinajstić information content (AvgIpc) is 2.88. The Morgan fingerprint density at radius 2 is 2.10 bits per heavy atom. The topological polar surface area (TPSA) is 38.3 Å². The Balaban J connectivity index is 1.68. The summed E-state index contributed by atoms with van der Waals surface area (Å²) >= 11 is 7.50. The van der Waals surface area contributed by atoms with Crippen LogP contribution < -0.4 is 5.32 Å². The van der Waals surface area contributed by atoms with Crippen molar-refractivity contribution < 1.29 is 9.53 Å². The van der Waals surface area contributed by atoms with Crippen molar-refractivity contribution in [1.82, 2.24) is 5.32 Å². The first-order chi connectivity index (χ1) is 9.75. The van der Waals surface area contributed by atoms with E-state index in [0.29, 0.717) is 6.54 Å². The summed E-state index contributed by atoms with van der Waals surface area (Å²) < 4.78 is 5.08. The summed E-state index contributed by atoms with van der Waals surface area (Å²) in [5.74, 6) is 0. The van der Waals surface area contributed by atoms with E-state index in [2.05, 4.69) is 5.32 Å². The van der Waals surface area contributed by atoms with E-state index >= 15 is 0 Å². The van der Waals surface area contributed by atoms with E-state index in [0.717, 1.165) is 15.5 Å². The van der Waals surface area contributed by atoms with E-state index in [1.54, 1.807) is 11.3 Å². The molecule has 1 aromatic heterocycles. The number of halogens is 1. The van der Waals surface area contributed by atoms with Crippen LogP contribution in [0.5, 0.6) is 0 Å². The summed E-state index contributed by atoms with van der Waals surface area (Å²) in [4.78, 5) is 12.4. The van der Waals surface area contributed by atoms with Crippen LogP contribution in [0.3, 0.4) is 0 Å². The summed E-state index contributed by atoms with van der Waals surface area (Å²) in [5.41, 5.74) is 0.962. The van der Waals surface area contributed by atoms with Gasteiger partial charge in [-0.05, 0) is 23.1 Å². The first-order valence-electron chi connectivity index (χ1n) is 6.10. The largest absolute Gasteiger partial charge is 0.445 e. The molecule has 0 saturated carbocycles. The second kappa shape index (κ2) is 7.72. The molecule has 0 radical (unpaired) electrons. The lowest BCUT2D eigenvalue weighted by Crippen LogP contribution is -2.24. The van der Waals surface area contributed by atoms with Crippen molar-refractivity contribution in [2.75, 3.05) is 6.54 Å². The molecule has 0 atom stereocenters. The number of ether oxygens (including phenoxy) is 1. The maximum Gasteiger partial charge on any atom is 0.407 e. The maximum atomic E-state index is 11.5. The van der Waals surface area contributed by atoms with E-state index in [-0.39, 0.29) is 6.61 Å². The molecule has 0 aliphatic heterocycles. The Hall–Kier alpha value is -1.78. The number of benzene rings is 1. The number of carbonyl (C=O) groups is 1. The number of hydrogen-bond acceptors (Lipinski definition) is 3. The van der Waals surface area contributed by atoms with Crippen LogP contribution in [0.4, 0.5) is 4.79 Å². The molecule has 20 heavy (non-hydrogen) atoms. The minimum atomic E-state index is -0.434. The van der Waals surface area contributed by atoms with Crippen LogP contribution in [0.2, 0.25) is 5.02 Å². The van der Waals surface area contributed by atoms with E-state index < -0.39 is 6.09 Å². The number of hydrogen-bond donors (Lipinski definition) is 1. The molecule has 0 fully saturated rings. The van der Waals surface area contributed by atoms with Gasteiger partial charge in [0.15, 0.2) is 0 Å². The molecule has 0 unspecified atom stereocenters. The highest BCUT2D eigenvalue weighted by molar-refractivity contribution is 7.11. The zero-order chi connectivity index (χ0) is 14.2. The Labute approximate surface area is 126 Å². The van der Waals surface area contributed by atoms with E-state index in [1.807, 2.05) is 53.9 Å². The molecule has 0 aliphatic rings. The third-order valence-electron chi connectivity index (χ3n) is 2.49. The van der Waals surface area contributed by atoms with Gasteiger partial charge in [0.05, 0.1) is 5.02 Å². The summed E-state index contributed by atoms with van der Waals surface area (Å²) in [6, 6.07) is 11.4. The molecule has 1 heterocycles. The predicted octanol–water partition coefficient (Wildman–Crippen LogP) is 4.34. The molecular weight excluding hydrogens is 294 g/mol. The molecule has 0 saturated heterocycles. The first kappa shape index (κ1) is 14.6. The molecule has 1 aromatic carbocycles. The van der Waals surface area contributed by atoms with E-state index in [4.69, 9.17) is 16.3 Å². The molecule has 0 aliphatic carbocycles. The van der Waals surface area contributed by atoms with Gasteiger partial charge in [0.1, 0.15) is 6.61 Å². The number of amides is 1. The van der Waals surface area contributed by atoms with Crippen molar-refractivity contribution in [2.24, 2.45) is 0 Å². The predicted molar refractivity (Wildman–Crippen MR) is 83.0 cm³/mol. The molecule has 2 rings (SSSR count). The van der Waals surface area contributed by atoms with E-state index in [9.17, 15) is 4.79 Å². The van der Waals surface area contributed by atoms with Gasteiger partial charge in [-0.15, -0.1) is 11.3 Å². The van der Waals surface area contributed by atoms with Gasteiger partial charge in [-0.2, -0.15) is 0 Å². The van der Waals surface area contributed by atoms with Crippen LogP contribution in [0.15, 0.2) is 47.9 Å². The third kappa shape index (κ3) is 4.72. The standard InChI is InChI=1S/C15H14ClNO2S/c16-13-8-10-20-14(13)7-4-9-17-15(18)19-11-12-5-2-1-3-6-12/h1-8,10H,9,11H2,(H,17,18). The van der Waals surface area contributed by atoms with Crippen molar-refractivity contribution in [3.05, 3.63) is 63.3 Å². The molecule has 104 valence electrons. The smallest absolute Gasteiger partial charge is 0.407 e. The summed E-state index contributed by atoms with van der Waals surface area (Å²) in [7, 11) is 0. The normalized spacial score (nSPS) is 10.7. The SMILES string of the molecule is O=C(NCC=Cc1sccc1Cl)OCc1ccccc1. The summed E-state index contributed by atoms with van der Waals surface area (Å²) in [6.07, 6.45) is 3.28. The van der Waals surface area contributed by atoms with E-state index in [1.165, 1.54) is 0 Å². The zero-order valence-corrected chi connectivity index (χ0v) is 12.3. The maximum absolute atomic E-state index is 11.5. The summed E-state index contributed by atoms with van der Waals surface area (Å²) in [5, 5.41) is 5.29.